The van der Waals surface area contributed by atoms with Crippen molar-refractivity contribution in [2.45, 2.75) is 92.1 Å². The molecule has 606 valence electrons. The number of fused-ring (bicyclic) bond motifs is 3. The summed E-state index contributed by atoms with van der Waals surface area (Å²) in [5.41, 5.74) is 3.66. The number of benzene rings is 3. The number of aryl methyl sites for hydroxylation is 1. The maximum absolute atomic E-state index is 13.3. The molecule has 12 rings (SSSR count). The zero-order chi connectivity index (χ0) is 85.1. The molecule has 0 radical (unpaired) electrons. The van der Waals surface area contributed by atoms with Gasteiger partial charge in [-0.05, 0) is 146 Å². The summed E-state index contributed by atoms with van der Waals surface area (Å²) in [5.74, 6) is -3.86. The van der Waals surface area contributed by atoms with Crippen LogP contribution in [0.15, 0.2) is 185 Å². The Morgan fingerprint density at radius 1 is 0.518 bits per heavy atom. The van der Waals surface area contributed by atoms with E-state index in [0.29, 0.717) is 97.7 Å². The molecule has 42 heteroatoms. The summed E-state index contributed by atoms with van der Waals surface area (Å²) >= 11 is 9.53. The highest BCUT2D eigenvalue weighted by Gasteiger charge is 2.49. The number of nitrogens with one attached hydrogen (secondary N) is 4. The molecule has 9 aromatic heterocycles. The third kappa shape index (κ3) is 22.4. The summed E-state index contributed by atoms with van der Waals surface area (Å²) in [7, 11) is -16.9. The molecule has 3 aromatic carbocycles. The second kappa shape index (κ2) is 39.0. The Kier molecular flexibility index (Phi) is 30.3. The average Bonchev–Trinajstić information content (AvgIpc) is 1.09. The van der Waals surface area contributed by atoms with Crippen LogP contribution < -0.4 is 31.4 Å². The average molecular weight is 1700 g/mol. The SMILES string of the molecule is CC[C@H](NC(=O)c1cncc2c1cnn2-c1ccc(F)cc1)c1cc(OS(=O)(=O)C(F)(F)F)nc(S(C)(=O)=O)c1.CC[C@H](NC(=O)c1cncc2c1cnn2-c1ccc(F)cc1)c1cc(S(C)(=O)=O)[nH]c(=O)c1.CCc1cc([C@H](CC)NC(=O)c2cncc3c2cnn3-c2ccc(F)cc2)cc(S(C)(=O)=O)n1.CN.ClCCl.[2H]CF. The molecule has 0 spiro atoms. The third-order valence-electron chi connectivity index (χ3n) is 16.3. The van der Waals surface area contributed by atoms with Gasteiger partial charge in [-0.2, -0.15) is 36.9 Å². The molecule has 3 atom stereocenters. The number of rotatable bonds is 21. The van der Waals surface area contributed by atoms with Crippen LogP contribution in [0.2, 0.25) is 0 Å². The van der Waals surface area contributed by atoms with Crippen LogP contribution in [-0.4, -0.2) is 154 Å². The minimum atomic E-state index is -6.16. The lowest BCUT2D eigenvalue weighted by Crippen LogP contribution is -2.30. The highest BCUT2D eigenvalue weighted by Crippen LogP contribution is 2.32. The van der Waals surface area contributed by atoms with Crippen LogP contribution in [0, 0.1) is 17.5 Å². The molecule has 12 aromatic rings. The van der Waals surface area contributed by atoms with E-state index in [1.807, 2.05) is 19.9 Å². The molecule has 0 unspecified atom stereocenters. The Morgan fingerprint density at radius 3 is 1.15 bits per heavy atom. The lowest BCUT2D eigenvalue weighted by atomic mass is 10.0. The Hall–Kier alpha value is -11.2. The molecule has 6 N–H and O–H groups in total. The van der Waals surface area contributed by atoms with Crippen LogP contribution in [0.3, 0.4) is 0 Å². The van der Waals surface area contributed by atoms with Crippen LogP contribution in [0.5, 0.6) is 5.88 Å². The summed E-state index contributed by atoms with van der Waals surface area (Å²) in [6.45, 7) is 7.19. The van der Waals surface area contributed by atoms with Crippen molar-refractivity contribution in [3.05, 3.63) is 232 Å². The van der Waals surface area contributed by atoms with Gasteiger partial charge in [-0.3, -0.25) is 38.5 Å². The summed E-state index contributed by atoms with van der Waals surface area (Å²) in [6, 6.07) is 22.7. The number of carbonyl (C=O) groups is 3. The largest absolute Gasteiger partial charge is 0.534 e. The topological polar surface area (TPSA) is 410 Å². The van der Waals surface area contributed by atoms with E-state index in [0.717, 1.165) is 24.6 Å². The molecule has 3 amide bonds. The number of hydrogen-bond acceptors (Lipinski definition) is 22. The number of sulfone groups is 3. The van der Waals surface area contributed by atoms with Gasteiger partial charge in [-0.15, -0.1) is 23.2 Å². The van der Waals surface area contributed by atoms with Crippen molar-refractivity contribution >= 4 is 113 Å². The first kappa shape index (κ1) is 88.4. The van der Waals surface area contributed by atoms with E-state index >= 15 is 0 Å². The predicted octanol–water partition coefficient (Wildman–Crippen LogP) is 11.4. The Bertz CT molecular complexity index is 6000. The normalized spacial score (nSPS) is 12.4. The van der Waals surface area contributed by atoms with Crippen molar-refractivity contribution in [2.24, 2.45) is 5.73 Å². The number of carbonyl (C=O) groups excluding carboxylic acids is 3. The number of aromatic amines is 1. The van der Waals surface area contributed by atoms with Gasteiger partial charge in [-0.25, -0.2) is 62.4 Å². The van der Waals surface area contributed by atoms with Crippen LogP contribution in [-0.2, 0) is 46.1 Å². The van der Waals surface area contributed by atoms with Gasteiger partial charge in [0, 0.05) is 71.3 Å². The van der Waals surface area contributed by atoms with Gasteiger partial charge < -0.3 is 30.9 Å². The Labute approximate surface area is 659 Å². The zero-order valence-electron chi connectivity index (χ0n) is 62.4. The van der Waals surface area contributed by atoms with Crippen molar-refractivity contribution < 1.29 is 84.3 Å². The number of amides is 3. The van der Waals surface area contributed by atoms with Crippen LogP contribution in [0.4, 0.5) is 30.7 Å². The maximum Gasteiger partial charge on any atom is 0.534 e. The quantitative estimate of drug-likeness (QED) is 0.0193. The first-order chi connectivity index (χ1) is 54.3. The molecule has 0 bridgehead atoms. The highest BCUT2D eigenvalue weighted by molar-refractivity contribution is 7.91. The van der Waals surface area contributed by atoms with Gasteiger partial charge in [0.2, 0.25) is 11.4 Å². The summed E-state index contributed by atoms with van der Waals surface area (Å²) < 4.78 is 198. The minimum absolute atomic E-state index is 0.0149. The monoisotopic (exact) mass is 1700 g/mol. The van der Waals surface area contributed by atoms with Crippen LogP contribution >= 0.6 is 23.2 Å². The van der Waals surface area contributed by atoms with Gasteiger partial charge in [0.25, 0.3) is 17.7 Å². The lowest BCUT2D eigenvalue weighted by molar-refractivity contribution is -0.0501. The van der Waals surface area contributed by atoms with Crippen molar-refractivity contribution in [3.63, 3.8) is 0 Å². The fourth-order valence-electron chi connectivity index (χ4n) is 10.9. The third-order valence-corrected chi connectivity index (χ3v) is 20.2. The molecular formula is C72H73Cl2F7N16O13S4. The minimum Gasteiger partial charge on any atom is -0.355 e. The molecule has 9 heterocycles. The summed E-state index contributed by atoms with van der Waals surface area (Å²) in [6.07, 6.45) is 17.6. The molecule has 29 nitrogen and oxygen atoms in total. The Morgan fingerprint density at radius 2 is 0.842 bits per heavy atom. The van der Waals surface area contributed by atoms with E-state index in [1.165, 1.54) is 116 Å². The molecule has 0 aliphatic heterocycles. The van der Waals surface area contributed by atoms with E-state index in [-0.39, 0.29) is 56.0 Å². The van der Waals surface area contributed by atoms with Crippen LogP contribution in [0.25, 0.3) is 49.8 Å². The second-order valence-electron chi connectivity index (χ2n) is 24.0. The first-order valence-corrected chi connectivity index (χ1v) is 41.6. The second-order valence-corrected chi connectivity index (χ2v) is 32.2. The van der Waals surface area contributed by atoms with E-state index in [1.54, 1.807) is 66.1 Å². The predicted molar refractivity (Wildman–Crippen MR) is 412 cm³/mol. The molecule has 0 aliphatic rings. The van der Waals surface area contributed by atoms with Crippen molar-refractivity contribution in [1.82, 2.24) is 75.2 Å². The van der Waals surface area contributed by atoms with E-state index in [9.17, 15) is 83.6 Å². The lowest BCUT2D eigenvalue weighted by Gasteiger charge is -2.19. The maximum atomic E-state index is 13.3. The number of halogens is 9. The summed E-state index contributed by atoms with van der Waals surface area (Å²) in [4.78, 5) is 73.9. The van der Waals surface area contributed by atoms with Gasteiger partial charge in [-0.1, -0.05) is 27.7 Å². The van der Waals surface area contributed by atoms with Gasteiger partial charge in [0.05, 0.1) is 119 Å². The fraction of sp³-hybridized carbons (Fsp3) is 0.250. The van der Waals surface area contributed by atoms with Crippen molar-refractivity contribution in [2.75, 3.05) is 38.3 Å². The van der Waals surface area contributed by atoms with Gasteiger partial charge in [0.15, 0.2) is 39.6 Å². The number of pyridine rings is 6. The van der Waals surface area contributed by atoms with Crippen molar-refractivity contribution in [1.29, 1.82) is 0 Å². The van der Waals surface area contributed by atoms with E-state index in [2.05, 4.69) is 71.1 Å². The number of hydrogen-bond donors (Lipinski definition) is 5. The number of nitrogens with two attached hydrogens (primary N) is 1. The molecule has 0 saturated carbocycles. The number of aromatic nitrogens is 12. The van der Waals surface area contributed by atoms with Crippen LogP contribution in [0.1, 0.15) is 120 Å². The molecular weight excluding hydrogens is 1630 g/mol. The molecule has 0 fully saturated rings. The summed E-state index contributed by atoms with van der Waals surface area (Å²) in [5, 5.41) is 22.0. The zero-order valence-corrected chi connectivity index (χ0v) is 66.2. The van der Waals surface area contributed by atoms with E-state index < -0.39 is 105 Å². The van der Waals surface area contributed by atoms with E-state index in [4.69, 9.17) is 24.6 Å². The molecule has 0 saturated heterocycles. The highest BCUT2D eigenvalue weighted by atomic mass is 35.5. The number of alkyl halides is 6. The molecule has 114 heavy (non-hydrogen) atoms. The smallest absolute Gasteiger partial charge is 0.355 e. The number of H-pyrrole nitrogens is 1. The standard InChI is InChI=1S/C24H24FN5O3S.C23H19F4N5O6S2.C22H20FN5O4S.CH2Cl2.CH3F.CH5N/c1-4-17-10-15(11-23(28-17)34(3,32)33)21(5-2)29-24(31)20-12-26-14-22-19(20)13-27-30(22)18-8-6-16(25)7-9-18;1-3-18(13-8-20(31-21(9-13)39(2,34)35)38-40(36,37)23(25,26)27)30-22(33)17-10-28-12-19-16(17)11-29-32(19)15-6-4-14(24)5-7-15;1-3-18(13-8-20(29)27-21(9-13)33(2,31)32)26-22(30)17-10-24-12-19-16(17)11-25-28(19)15-6-4-14(23)5-7-15;2-1-3;2*1-2/h6-14,21H,4-5H2,1-3H3,(H,29,31);4-12,18H,3H2,1-2H3,(H,30,33);4-12,18H,3H2,1-2H3,(H,26,30)(H,27,29);1H2;1H3;2H2,1H3/t21-;2*18-;;;/m000.../s1/i;;;;1D;. The first-order valence-electron chi connectivity index (χ1n) is 34.1. The fourth-order valence-corrected chi connectivity index (χ4v) is 13.2. The molecule has 0 aliphatic carbocycles. The van der Waals surface area contributed by atoms with Gasteiger partial charge >= 0.3 is 15.6 Å². The van der Waals surface area contributed by atoms with Gasteiger partial charge in [0.1, 0.15) is 22.5 Å². The van der Waals surface area contributed by atoms with Crippen molar-refractivity contribution in [3.8, 4) is 22.9 Å². The Balaban J connectivity index is 0.000000229. The number of nitrogens with zero attached hydrogens (tertiary/aromatic N) is 11.